The monoisotopic (exact) mass is 330 g/mol. The number of hydrogen-bond donors (Lipinski definition) is 1. The zero-order chi connectivity index (χ0) is 14.5. The van der Waals surface area contributed by atoms with Crippen molar-refractivity contribution >= 4 is 15.9 Å². The fourth-order valence-electron chi connectivity index (χ4n) is 1.89. The average molecular weight is 331 g/mol. The fourth-order valence-corrected chi connectivity index (χ4v) is 2.15. The van der Waals surface area contributed by atoms with E-state index >= 15 is 0 Å². The summed E-state index contributed by atoms with van der Waals surface area (Å²) in [6.45, 7) is 1.91. The first kappa shape index (κ1) is 14.6. The van der Waals surface area contributed by atoms with E-state index in [1.165, 1.54) is 0 Å². The third kappa shape index (κ3) is 3.60. The van der Waals surface area contributed by atoms with Crippen LogP contribution in [0, 0.1) is 11.3 Å². The van der Waals surface area contributed by atoms with Crippen LogP contribution in [0.15, 0.2) is 53.0 Å². The molecule has 0 heterocycles. The van der Waals surface area contributed by atoms with E-state index in [2.05, 4.69) is 22.0 Å². The molecule has 0 spiro atoms. The summed E-state index contributed by atoms with van der Waals surface area (Å²) in [6.07, 6.45) is -0.226. The minimum absolute atomic E-state index is 0.146. The Morgan fingerprint density at radius 1 is 1.10 bits per heavy atom. The Hall–Kier alpha value is -1.83. The molecule has 2 rings (SSSR count). The number of benzene rings is 2. The molecule has 2 aromatic carbocycles. The molecule has 0 aliphatic heterocycles. The Labute approximate surface area is 127 Å². The first-order valence-electron chi connectivity index (χ1n) is 6.28. The second-order valence-corrected chi connectivity index (χ2v) is 5.50. The molecule has 20 heavy (non-hydrogen) atoms. The van der Waals surface area contributed by atoms with Crippen LogP contribution in [0.2, 0.25) is 0 Å². The van der Waals surface area contributed by atoms with E-state index in [4.69, 9.17) is 15.7 Å². The van der Waals surface area contributed by atoms with Gasteiger partial charge in [0.2, 0.25) is 0 Å². The van der Waals surface area contributed by atoms with Crippen molar-refractivity contribution in [2.75, 3.05) is 0 Å². The Balaban J connectivity index is 2.21. The minimum Gasteiger partial charge on any atom is -0.484 e. The second-order valence-electron chi connectivity index (χ2n) is 4.59. The van der Waals surface area contributed by atoms with Gasteiger partial charge in [-0.05, 0) is 48.9 Å². The van der Waals surface area contributed by atoms with Crippen molar-refractivity contribution in [1.29, 1.82) is 5.26 Å². The van der Waals surface area contributed by atoms with Gasteiger partial charge in [-0.3, -0.25) is 0 Å². The number of nitrogens with zero attached hydrogens (tertiary/aromatic N) is 1. The zero-order valence-corrected chi connectivity index (χ0v) is 12.7. The van der Waals surface area contributed by atoms with Crippen LogP contribution in [0.1, 0.15) is 24.2 Å². The summed E-state index contributed by atoms with van der Waals surface area (Å²) in [4.78, 5) is 0. The number of ether oxygens (including phenoxy) is 1. The van der Waals surface area contributed by atoms with Crippen LogP contribution in [-0.2, 0) is 0 Å². The molecule has 2 atom stereocenters. The predicted octanol–water partition coefficient (Wildman–Crippen LogP) is 3.79. The molecule has 0 aliphatic rings. The van der Waals surface area contributed by atoms with Gasteiger partial charge in [-0.2, -0.15) is 5.26 Å². The highest BCUT2D eigenvalue weighted by Gasteiger charge is 2.18. The van der Waals surface area contributed by atoms with Crippen LogP contribution < -0.4 is 10.5 Å². The quantitative estimate of drug-likeness (QED) is 0.927. The molecule has 4 heteroatoms. The van der Waals surface area contributed by atoms with E-state index in [0.717, 1.165) is 10.0 Å². The topological polar surface area (TPSA) is 59.0 Å². The SMILES string of the molecule is C[C@H](N)[C@H](Oc1ccc(C#N)cc1)c1ccc(Br)cc1. The number of nitrogens with two attached hydrogens (primary N) is 1. The molecular weight excluding hydrogens is 316 g/mol. The lowest BCUT2D eigenvalue weighted by Gasteiger charge is -2.23. The summed E-state index contributed by atoms with van der Waals surface area (Å²) >= 11 is 3.41. The Morgan fingerprint density at radius 3 is 2.20 bits per heavy atom. The Kier molecular flexibility index (Phi) is 4.78. The molecule has 0 aliphatic carbocycles. The molecule has 0 amide bonds. The largest absolute Gasteiger partial charge is 0.484 e. The van der Waals surface area contributed by atoms with Crippen LogP contribution >= 0.6 is 15.9 Å². The lowest BCUT2D eigenvalue weighted by Crippen LogP contribution is -2.29. The predicted molar refractivity (Wildman–Crippen MR) is 82.3 cm³/mol. The lowest BCUT2D eigenvalue weighted by atomic mass is 10.0. The van der Waals surface area contributed by atoms with Crippen molar-refractivity contribution in [3.8, 4) is 11.8 Å². The molecule has 2 aromatic rings. The van der Waals surface area contributed by atoms with Gasteiger partial charge in [-0.25, -0.2) is 0 Å². The minimum atomic E-state index is -0.226. The van der Waals surface area contributed by atoms with Crippen molar-refractivity contribution in [2.45, 2.75) is 19.1 Å². The maximum Gasteiger partial charge on any atom is 0.138 e. The Bertz CT molecular complexity index is 600. The molecule has 0 radical (unpaired) electrons. The van der Waals surface area contributed by atoms with Gasteiger partial charge in [-0.1, -0.05) is 28.1 Å². The van der Waals surface area contributed by atoms with Crippen LogP contribution in [0.4, 0.5) is 0 Å². The Morgan fingerprint density at radius 2 is 1.70 bits per heavy atom. The summed E-state index contributed by atoms with van der Waals surface area (Å²) < 4.78 is 6.97. The van der Waals surface area contributed by atoms with E-state index in [1.807, 2.05) is 31.2 Å². The van der Waals surface area contributed by atoms with Crippen LogP contribution in [0.3, 0.4) is 0 Å². The summed E-state index contributed by atoms with van der Waals surface area (Å²) in [7, 11) is 0. The summed E-state index contributed by atoms with van der Waals surface area (Å²) in [5.74, 6) is 0.703. The van der Waals surface area contributed by atoms with Gasteiger partial charge in [0.25, 0.3) is 0 Å². The van der Waals surface area contributed by atoms with Crippen LogP contribution in [0.25, 0.3) is 0 Å². The molecular formula is C16H15BrN2O. The molecule has 0 saturated heterocycles. The third-order valence-corrected chi connectivity index (χ3v) is 3.45. The van der Waals surface area contributed by atoms with Gasteiger partial charge in [0.1, 0.15) is 11.9 Å². The number of halogens is 1. The summed E-state index contributed by atoms with van der Waals surface area (Å²) in [5.41, 5.74) is 7.65. The molecule has 3 nitrogen and oxygen atoms in total. The average Bonchev–Trinajstić information content (AvgIpc) is 2.46. The highest BCUT2D eigenvalue weighted by molar-refractivity contribution is 9.10. The van der Waals surface area contributed by atoms with E-state index in [0.29, 0.717) is 11.3 Å². The van der Waals surface area contributed by atoms with Crippen molar-refractivity contribution in [3.05, 3.63) is 64.1 Å². The molecule has 0 unspecified atom stereocenters. The van der Waals surface area contributed by atoms with Gasteiger partial charge in [0.05, 0.1) is 11.6 Å². The van der Waals surface area contributed by atoms with Crippen molar-refractivity contribution in [1.82, 2.24) is 0 Å². The van der Waals surface area contributed by atoms with Gasteiger partial charge < -0.3 is 10.5 Å². The standard InChI is InChI=1S/C16H15BrN2O/c1-11(19)16(13-4-6-14(17)7-5-13)20-15-8-2-12(10-18)3-9-15/h2-9,11,16H,19H2,1H3/t11-,16-/m0/s1. The molecule has 2 N–H and O–H groups in total. The van der Waals surface area contributed by atoms with Crippen LogP contribution in [0.5, 0.6) is 5.75 Å². The van der Waals surface area contributed by atoms with Gasteiger partial charge in [0, 0.05) is 10.5 Å². The first-order valence-corrected chi connectivity index (χ1v) is 7.07. The molecule has 102 valence electrons. The molecule has 0 bridgehead atoms. The highest BCUT2D eigenvalue weighted by atomic mass is 79.9. The maximum absolute atomic E-state index is 8.79. The highest BCUT2D eigenvalue weighted by Crippen LogP contribution is 2.25. The van der Waals surface area contributed by atoms with E-state index in [1.54, 1.807) is 24.3 Å². The first-order chi connectivity index (χ1) is 9.60. The normalized spacial score (nSPS) is 13.3. The number of rotatable bonds is 4. The van der Waals surface area contributed by atoms with E-state index in [9.17, 15) is 0 Å². The zero-order valence-electron chi connectivity index (χ0n) is 11.1. The number of nitriles is 1. The van der Waals surface area contributed by atoms with Crippen molar-refractivity contribution in [3.63, 3.8) is 0 Å². The van der Waals surface area contributed by atoms with Crippen LogP contribution in [-0.4, -0.2) is 6.04 Å². The van der Waals surface area contributed by atoms with Crippen molar-refractivity contribution < 1.29 is 4.74 Å². The van der Waals surface area contributed by atoms with Gasteiger partial charge >= 0.3 is 0 Å². The molecule has 0 fully saturated rings. The van der Waals surface area contributed by atoms with Crippen molar-refractivity contribution in [2.24, 2.45) is 5.73 Å². The fraction of sp³-hybridized carbons (Fsp3) is 0.188. The lowest BCUT2D eigenvalue weighted by molar-refractivity contribution is 0.180. The maximum atomic E-state index is 8.79. The second kappa shape index (κ2) is 6.56. The van der Waals surface area contributed by atoms with Gasteiger partial charge in [-0.15, -0.1) is 0 Å². The van der Waals surface area contributed by atoms with Gasteiger partial charge in [0.15, 0.2) is 0 Å². The number of hydrogen-bond acceptors (Lipinski definition) is 3. The molecule has 0 aromatic heterocycles. The van der Waals surface area contributed by atoms with E-state index < -0.39 is 0 Å². The smallest absolute Gasteiger partial charge is 0.138 e. The van der Waals surface area contributed by atoms with E-state index in [-0.39, 0.29) is 12.1 Å². The molecule has 0 saturated carbocycles. The third-order valence-electron chi connectivity index (χ3n) is 2.92. The summed E-state index contributed by atoms with van der Waals surface area (Å²) in [5, 5.41) is 8.79. The summed E-state index contributed by atoms with van der Waals surface area (Å²) in [6, 6.07) is 16.9.